The molecule has 128 valence electrons. The number of benzene rings is 1. The van der Waals surface area contributed by atoms with E-state index in [9.17, 15) is 13.2 Å². The van der Waals surface area contributed by atoms with Crippen LogP contribution in [0.4, 0.5) is 0 Å². The summed E-state index contributed by atoms with van der Waals surface area (Å²) < 4.78 is 25.6. The van der Waals surface area contributed by atoms with Crippen LogP contribution in [0.15, 0.2) is 29.2 Å². The number of rotatable bonds is 6. The second-order valence-electron chi connectivity index (χ2n) is 5.84. The summed E-state index contributed by atoms with van der Waals surface area (Å²) in [6.45, 7) is 1.92. The number of hydrogen-bond acceptors (Lipinski definition) is 4. The van der Waals surface area contributed by atoms with Gasteiger partial charge in [0.25, 0.3) is 0 Å². The van der Waals surface area contributed by atoms with E-state index in [0.29, 0.717) is 18.9 Å². The highest BCUT2D eigenvalue weighted by Gasteiger charge is 2.21. The first-order valence-corrected chi connectivity index (χ1v) is 9.41. The Bertz CT molecular complexity index is 622. The predicted molar refractivity (Wildman–Crippen MR) is 89.7 cm³/mol. The Kier molecular flexibility index (Phi) is 6.15. The Morgan fingerprint density at radius 2 is 1.87 bits per heavy atom. The van der Waals surface area contributed by atoms with E-state index < -0.39 is 10.0 Å². The second kappa shape index (κ2) is 7.90. The molecule has 0 radical (unpaired) electrons. The van der Waals surface area contributed by atoms with E-state index in [1.54, 1.807) is 24.3 Å². The van der Waals surface area contributed by atoms with Crippen LogP contribution in [0.25, 0.3) is 0 Å². The molecule has 1 saturated heterocycles. The number of carbonyl (C=O) groups excluding carboxylic acids is 1. The SMILES string of the molecule is CNS(=O)(=O)c1ccc(CCC(=O)N(C)C2CCNCC2)cc1. The van der Waals surface area contributed by atoms with Crippen molar-refractivity contribution in [3.8, 4) is 0 Å². The molecule has 0 atom stereocenters. The summed E-state index contributed by atoms with van der Waals surface area (Å²) in [5.74, 6) is 0.142. The standard InChI is InChI=1S/C16H25N3O3S/c1-17-23(21,22)15-6-3-13(4-7-15)5-8-16(20)19(2)14-9-11-18-12-10-14/h3-4,6-7,14,17-18H,5,8-12H2,1-2H3. The van der Waals surface area contributed by atoms with Crippen LogP contribution in [0, 0.1) is 0 Å². The van der Waals surface area contributed by atoms with Crippen LogP contribution < -0.4 is 10.0 Å². The van der Waals surface area contributed by atoms with E-state index in [1.165, 1.54) is 7.05 Å². The van der Waals surface area contributed by atoms with E-state index in [1.807, 2.05) is 11.9 Å². The maximum atomic E-state index is 12.3. The molecule has 1 aliphatic rings. The summed E-state index contributed by atoms with van der Waals surface area (Å²) in [5, 5.41) is 3.30. The molecule has 1 fully saturated rings. The minimum Gasteiger partial charge on any atom is -0.343 e. The van der Waals surface area contributed by atoms with Gasteiger partial charge in [-0.15, -0.1) is 0 Å². The zero-order valence-electron chi connectivity index (χ0n) is 13.7. The molecule has 0 unspecified atom stereocenters. The minimum atomic E-state index is -3.41. The van der Waals surface area contributed by atoms with Crippen LogP contribution in [-0.2, 0) is 21.2 Å². The van der Waals surface area contributed by atoms with Crippen LogP contribution in [0.5, 0.6) is 0 Å². The third kappa shape index (κ3) is 4.76. The van der Waals surface area contributed by atoms with Crippen molar-refractivity contribution in [2.24, 2.45) is 0 Å². The largest absolute Gasteiger partial charge is 0.343 e. The molecule has 0 spiro atoms. The molecular formula is C16H25N3O3S. The number of nitrogens with one attached hydrogen (secondary N) is 2. The first kappa shape index (κ1) is 17.9. The minimum absolute atomic E-state index is 0.142. The smallest absolute Gasteiger partial charge is 0.240 e. The first-order chi connectivity index (χ1) is 10.9. The van der Waals surface area contributed by atoms with Crippen molar-refractivity contribution in [2.75, 3.05) is 27.2 Å². The Hall–Kier alpha value is -1.44. The number of piperidine rings is 1. The highest BCUT2D eigenvalue weighted by atomic mass is 32.2. The van der Waals surface area contributed by atoms with Crippen molar-refractivity contribution >= 4 is 15.9 Å². The molecule has 2 N–H and O–H groups in total. The molecule has 1 aliphatic heterocycles. The lowest BCUT2D eigenvalue weighted by atomic mass is 10.0. The fraction of sp³-hybridized carbons (Fsp3) is 0.562. The van der Waals surface area contributed by atoms with E-state index in [2.05, 4.69) is 10.0 Å². The summed E-state index contributed by atoms with van der Waals surface area (Å²) >= 11 is 0. The maximum absolute atomic E-state index is 12.3. The van der Waals surface area contributed by atoms with Crippen LogP contribution in [0.1, 0.15) is 24.8 Å². The normalized spacial score (nSPS) is 16.3. The lowest BCUT2D eigenvalue weighted by Gasteiger charge is -2.31. The summed E-state index contributed by atoms with van der Waals surface area (Å²) in [4.78, 5) is 14.4. The zero-order chi connectivity index (χ0) is 16.9. The van der Waals surface area contributed by atoms with Gasteiger partial charge in [-0.25, -0.2) is 13.1 Å². The number of nitrogens with zero attached hydrogens (tertiary/aromatic N) is 1. The Morgan fingerprint density at radius 3 is 2.43 bits per heavy atom. The van der Waals surface area contributed by atoms with Crippen molar-refractivity contribution in [3.63, 3.8) is 0 Å². The van der Waals surface area contributed by atoms with Gasteiger partial charge in [0.2, 0.25) is 15.9 Å². The van der Waals surface area contributed by atoms with Crippen molar-refractivity contribution in [2.45, 2.75) is 36.6 Å². The quantitative estimate of drug-likeness (QED) is 0.801. The molecule has 23 heavy (non-hydrogen) atoms. The van der Waals surface area contributed by atoms with E-state index in [-0.39, 0.29) is 10.8 Å². The summed E-state index contributed by atoms with van der Waals surface area (Å²) in [5.41, 5.74) is 0.965. The highest BCUT2D eigenvalue weighted by molar-refractivity contribution is 7.89. The number of amides is 1. The van der Waals surface area contributed by atoms with Gasteiger partial charge >= 0.3 is 0 Å². The Morgan fingerprint density at radius 1 is 1.26 bits per heavy atom. The van der Waals surface area contributed by atoms with Crippen LogP contribution >= 0.6 is 0 Å². The highest BCUT2D eigenvalue weighted by Crippen LogP contribution is 2.14. The molecule has 0 bridgehead atoms. The molecule has 0 saturated carbocycles. The van der Waals surface area contributed by atoms with Crippen molar-refractivity contribution in [3.05, 3.63) is 29.8 Å². The Balaban J connectivity index is 1.89. The van der Waals surface area contributed by atoms with Crippen molar-refractivity contribution < 1.29 is 13.2 Å². The molecular weight excluding hydrogens is 314 g/mol. The van der Waals surface area contributed by atoms with Crippen LogP contribution in [-0.4, -0.2) is 52.5 Å². The van der Waals surface area contributed by atoms with Gasteiger partial charge in [-0.2, -0.15) is 0 Å². The third-order valence-corrected chi connectivity index (χ3v) is 5.81. The number of carbonyl (C=O) groups is 1. The average molecular weight is 339 g/mol. The van der Waals surface area contributed by atoms with E-state index in [4.69, 9.17) is 0 Å². The van der Waals surface area contributed by atoms with Gasteiger partial charge < -0.3 is 10.2 Å². The molecule has 0 aromatic heterocycles. The lowest BCUT2D eigenvalue weighted by molar-refractivity contribution is -0.132. The van der Waals surface area contributed by atoms with Gasteiger partial charge in [0.05, 0.1) is 4.90 Å². The summed E-state index contributed by atoms with van der Waals surface area (Å²) in [6, 6.07) is 7.00. The first-order valence-electron chi connectivity index (χ1n) is 7.93. The van der Waals surface area contributed by atoms with Gasteiger partial charge in [-0.05, 0) is 57.1 Å². The lowest BCUT2D eigenvalue weighted by Crippen LogP contribution is -2.44. The summed E-state index contributed by atoms with van der Waals surface area (Å²) in [6.07, 6.45) is 3.06. The molecule has 7 heteroatoms. The summed E-state index contributed by atoms with van der Waals surface area (Å²) in [7, 11) is -0.142. The average Bonchev–Trinajstić information content (AvgIpc) is 2.60. The monoisotopic (exact) mass is 339 g/mol. The molecule has 1 aromatic carbocycles. The van der Waals surface area contributed by atoms with Crippen LogP contribution in [0.2, 0.25) is 0 Å². The topological polar surface area (TPSA) is 78.5 Å². The molecule has 1 aromatic rings. The van der Waals surface area contributed by atoms with E-state index in [0.717, 1.165) is 31.5 Å². The molecule has 6 nitrogen and oxygen atoms in total. The molecule has 2 rings (SSSR count). The predicted octanol–water partition coefficient (Wildman–Crippen LogP) is 0.738. The van der Waals surface area contributed by atoms with Gasteiger partial charge in [0.1, 0.15) is 0 Å². The number of hydrogen-bond donors (Lipinski definition) is 2. The number of aryl methyl sites for hydroxylation is 1. The fourth-order valence-electron chi connectivity index (χ4n) is 2.78. The molecule has 1 heterocycles. The molecule has 0 aliphatic carbocycles. The maximum Gasteiger partial charge on any atom is 0.240 e. The second-order valence-corrected chi connectivity index (χ2v) is 7.72. The van der Waals surface area contributed by atoms with Crippen LogP contribution in [0.3, 0.4) is 0 Å². The van der Waals surface area contributed by atoms with Gasteiger partial charge in [0, 0.05) is 19.5 Å². The van der Waals surface area contributed by atoms with Gasteiger partial charge in [-0.3, -0.25) is 4.79 Å². The third-order valence-electron chi connectivity index (χ3n) is 4.38. The van der Waals surface area contributed by atoms with Gasteiger partial charge in [-0.1, -0.05) is 12.1 Å². The number of sulfonamides is 1. The van der Waals surface area contributed by atoms with Crippen molar-refractivity contribution in [1.82, 2.24) is 14.9 Å². The fourth-order valence-corrected chi connectivity index (χ4v) is 3.51. The van der Waals surface area contributed by atoms with Crippen molar-refractivity contribution in [1.29, 1.82) is 0 Å². The van der Waals surface area contributed by atoms with Gasteiger partial charge in [0.15, 0.2) is 0 Å². The zero-order valence-corrected chi connectivity index (χ0v) is 14.5. The Labute approximate surface area is 138 Å². The molecule has 1 amide bonds. The van der Waals surface area contributed by atoms with E-state index >= 15 is 0 Å².